The molecule has 0 saturated carbocycles. The molecule has 0 aliphatic heterocycles. The average molecular weight is 354 g/mol. The number of hydrogen-bond acceptors (Lipinski definition) is 2. The van der Waals surface area contributed by atoms with Gasteiger partial charge < -0.3 is 5.32 Å². The topological polar surface area (TPSA) is 29.9 Å². The fourth-order valence-electron chi connectivity index (χ4n) is 2.52. The summed E-state index contributed by atoms with van der Waals surface area (Å²) in [6, 6.07) is 5.17. The molecule has 1 unspecified atom stereocenters. The van der Waals surface area contributed by atoms with Crippen molar-refractivity contribution in [3.8, 4) is 0 Å². The number of nitrogens with one attached hydrogen (secondary N) is 1. The van der Waals surface area contributed by atoms with Crippen LogP contribution in [0.2, 0.25) is 0 Å². The van der Waals surface area contributed by atoms with Crippen molar-refractivity contribution in [3.63, 3.8) is 0 Å². The molecule has 0 aliphatic carbocycles. The second-order valence-corrected chi connectivity index (χ2v) is 6.53. The zero-order valence-electron chi connectivity index (χ0n) is 13.0. The molecule has 0 saturated heterocycles. The minimum Gasteiger partial charge on any atom is -0.375 e. The number of rotatable bonds is 4. The van der Waals surface area contributed by atoms with Crippen LogP contribution in [0.1, 0.15) is 49.8 Å². The summed E-state index contributed by atoms with van der Waals surface area (Å²) < 4.78 is 16.8. The number of aromatic nitrogens is 2. The molecule has 0 bridgehead atoms. The molecule has 2 aromatic rings. The highest BCUT2D eigenvalue weighted by Gasteiger charge is 2.17. The van der Waals surface area contributed by atoms with Gasteiger partial charge in [-0.2, -0.15) is 5.10 Å². The summed E-state index contributed by atoms with van der Waals surface area (Å²) in [4.78, 5) is 0. The summed E-state index contributed by atoms with van der Waals surface area (Å²) in [6.07, 6.45) is 0. The van der Waals surface area contributed by atoms with Crippen LogP contribution in [0.25, 0.3) is 0 Å². The molecule has 0 spiro atoms. The van der Waals surface area contributed by atoms with Crippen LogP contribution >= 0.6 is 15.9 Å². The maximum Gasteiger partial charge on any atom is 0.128 e. The third kappa shape index (κ3) is 3.28. The maximum atomic E-state index is 14.0. The van der Waals surface area contributed by atoms with Crippen molar-refractivity contribution in [1.82, 2.24) is 9.78 Å². The van der Waals surface area contributed by atoms with Crippen LogP contribution in [0.15, 0.2) is 22.7 Å². The largest absolute Gasteiger partial charge is 0.375 e. The molecule has 1 aromatic carbocycles. The van der Waals surface area contributed by atoms with Crippen LogP contribution in [0.4, 0.5) is 10.1 Å². The van der Waals surface area contributed by atoms with Crippen LogP contribution in [0, 0.1) is 19.7 Å². The number of halogens is 2. The van der Waals surface area contributed by atoms with E-state index in [1.807, 2.05) is 31.5 Å². The molecule has 1 atom stereocenters. The number of anilines is 1. The summed E-state index contributed by atoms with van der Waals surface area (Å²) in [5.74, 6) is -0.204. The summed E-state index contributed by atoms with van der Waals surface area (Å²) in [5.41, 5.74) is 3.63. The first kappa shape index (κ1) is 16.0. The molecule has 5 heteroatoms. The molecular formula is C16H21BrFN3. The van der Waals surface area contributed by atoms with Crippen LogP contribution in [0.5, 0.6) is 0 Å². The zero-order valence-corrected chi connectivity index (χ0v) is 14.6. The Balaban J connectivity index is 2.32. The Bertz CT molecular complexity index is 649. The van der Waals surface area contributed by atoms with Gasteiger partial charge in [0.2, 0.25) is 0 Å². The van der Waals surface area contributed by atoms with Crippen molar-refractivity contribution in [1.29, 1.82) is 0 Å². The predicted octanol–water partition coefficient (Wildman–Crippen LogP) is 5.16. The Morgan fingerprint density at radius 3 is 2.48 bits per heavy atom. The van der Waals surface area contributed by atoms with E-state index >= 15 is 0 Å². The van der Waals surface area contributed by atoms with E-state index in [4.69, 9.17) is 0 Å². The van der Waals surface area contributed by atoms with E-state index in [-0.39, 0.29) is 11.9 Å². The highest BCUT2D eigenvalue weighted by molar-refractivity contribution is 9.10. The lowest BCUT2D eigenvalue weighted by atomic mass is 10.1. The average Bonchev–Trinajstić information content (AvgIpc) is 2.69. The second kappa shape index (κ2) is 6.18. The van der Waals surface area contributed by atoms with E-state index in [1.165, 1.54) is 6.07 Å². The van der Waals surface area contributed by atoms with Gasteiger partial charge in [-0.15, -0.1) is 0 Å². The van der Waals surface area contributed by atoms with Crippen LogP contribution < -0.4 is 5.32 Å². The molecule has 1 N–H and O–H groups in total. The van der Waals surface area contributed by atoms with Crippen LogP contribution in [-0.2, 0) is 0 Å². The number of benzene rings is 1. The van der Waals surface area contributed by atoms with Crippen molar-refractivity contribution in [3.05, 3.63) is 45.4 Å². The van der Waals surface area contributed by atoms with Gasteiger partial charge in [0, 0.05) is 16.1 Å². The Kier molecular flexibility index (Phi) is 4.71. The van der Waals surface area contributed by atoms with Crippen LogP contribution in [0.3, 0.4) is 0 Å². The minimum atomic E-state index is -0.204. The molecule has 1 heterocycles. The van der Waals surface area contributed by atoms with E-state index in [0.717, 1.165) is 21.5 Å². The Hall–Kier alpha value is -1.36. The first-order valence-electron chi connectivity index (χ1n) is 7.08. The number of aryl methyl sites for hydroxylation is 1. The molecule has 21 heavy (non-hydrogen) atoms. The SMILES string of the molecule is Cc1nn(C(C)C)c(C)c1NC(C)c1cc(Br)ccc1F. The van der Waals surface area contributed by atoms with Gasteiger partial charge >= 0.3 is 0 Å². The third-order valence-electron chi connectivity index (χ3n) is 3.60. The summed E-state index contributed by atoms with van der Waals surface area (Å²) in [5, 5.41) is 7.94. The molecule has 0 aliphatic rings. The smallest absolute Gasteiger partial charge is 0.128 e. The van der Waals surface area contributed by atoms with E-state index < -0.39 is 0 Å². The van der Waals surface area contributed by atoms with Gasteiger partial charge in [-0.1, -0.05) is 15.9 Å². The van der Waals surface area contributed by atoms with Crippen molar-refractivity contribution < 1.29 is 4.39 Å². The summed E-state index contributed by atoms with van der Waals surface area (Å²) in [7, 11) is 0. The van der Waals surface area contributed by atoms with Gasteiger partial charge in [0.05, 0.1) is 23.1 Å². The summed E-state index contributed by atoms with van der Waals surface area (Å²) in [6.45, 7) is 10.2. The normalized spacial score (nSPS) is 12.8. The lowest BCUT2D eigenvalue weighted by Gasteiger charge is -2.17. The first-order chi connectivity index (χ1) is 9.81. The molecule has 0 fully saturated rings. The highest BCUT2D eigenvalue weighted by atomic mass is 79.9. The first-order valence-corrected chi connectivity index (χ1v) is 7.87. The number of hydrogen-bond donors (Lipinski definition) is 1. The van der Waals surface area contributed by atoms with E-state index in [9.17, 15) is 4.39 Å². The van der Waals surface area contributed by atoms with Crippen molar-refractivity contribution in [2.45, 2.75) is 46.7 Å². The van der Waals surface area contributed by atoms with Gasteiger partial charge in [-0.25, -0.2) is 4.39 Å². The fourth-order valence-corrected chi connectivity index (χ4v) is 2.89. The van der Waals surface area contributed by atoms with Gasteiger partial charge in [0.15, 0.2) is 0 Å². The minimum absolute atomic E-state index is 0.135. The molecule has 0 radical (unpaired) electrons. The second-order valence-electron chi connectivity index (χ2n) is 5.62. The standard InChI is InChI=1S/C16H21BrFN3/c1-9(2)21-12(5)16(11(4)20-21)19-10(3)14-8-13(17)6-7-15(14)18/h6-10,19H,1-5H3. The van der Waals surface area contributed by atoms with Gasteiger partial charge in [0.1, 0.15) is 5.82 Å². The molecule has 2 rings (SSSR count). The quantitative estimate of drug-likeness (QED) is 0.822. The molecule has 114 valence electrons. The lowest BCUT2D eigenvalue weighted by molar-refractivity contribution is 0.516. The molecular weight excluding hydrogens is 333 g/mol. The van der Waals surface area contributed by atoms with E-state index in [2.05, 4.69) is 40.2 Å². The van der Waals surface area contributed by atoms with Crippen molar-refractivity contribution >= 4 is 21.6 Å². The lowest BCUT2D eigenvalue weighted by Crippen LogP contribution is -2.10. The Labute approximate surface area is 133 Å². The molecule has 3 nitrogen and oxygen atoms in total. The zero-order chi connectivity index (χ0) is 15.7. The molecule has 0 amide bonds. The highest BCUT2D eigenvalue weighted by Crippen LogP contribution is 2.29. The van der Waals surface area contributed by atoms with Crippen LogP contribution in [-0.4, -0.2) is 9.78 Å². The maximum absolute atomic E-state index is 14.0. The van der Waals surface area contributed by atoms with Gasteiger partial charge in [0.25, 0.3) is 0 Å². The monoisotopic (exact) mass is 353 g/mol. The summed E-state index contributed by atoms with van der Waals surface area (Å²) >= 11 is 3.39. The Morgan fingerprint density at radius 1 is 1.24 bits per heavy atom. The third-order valence-corrected chi connectivity index (χ3v) is 4.09. The van der Waals surface area contributed by atoms with Crippen molar-refractivity contribution in [2.24, 2.45) is 0 Å². The van der Waals surface area contributed by atoms with Gasteiger partial charge in [-0.3, -0.25) is 4.68 Å². The number of nitrogens with zero attached hydrogens (tertiary/aromatic N) is 2. The van der Waals surface area contributed by atoms with Gasteiger partial charge in [-0.05, 0) is 52.8 Å². The predicted molar refractivity (Wildman–Crippen MR) is 88.2 cm³/mol. The van der Waals surface area contributed by atoms with E-state index in [1.54, 1.807) is 6.07 Å². The fraction of sp³-hybridized carbons (Fsp3) is 0.438. The molecule has 1 aromatic heterocycles. The van der Waals surface area contributed by atoms with E-state index in [0.29, 0.717) is 11.6 Å². The van der Waals surface area contributed by atoms with Crippen molar-refractivity contribution in [2.75, 3.05) is 5.32 Å². The Morgan fingerprint density at radius 2 is 1.90 bits per heavy atom.